The zero-order valence-corrected chi connectivity index (χ0v) is 49.6. The van der Waals surface area contributed by atoms with Crippen molar-refractivity contribution in [1.82, 2.24) is 0 Å². The molecule has 0 aromatic heterocycles. The second-order valence-corrected chi connectivity index (χ2v) is 19.4. The molecule has 3 atom stereocenters. The molecule has 2 N–H and O–H groups in total. The molecule has 0 amide bonds. The maximum Gasteiger partial charge on any atom is 0.472 e. The summed E-state index contributed by atoms with van der Waals surface area (Å²) in [5, 5.41) is 9.80. The summed E-state index contributed by atoms with van der Waals surface area (Å²) in [5.41, 5.74) is 0. The number of rotatable bonds is 50. The molecular weight excluding hydrogens is 1020 g/mol. The average Bonchev–Trinajstić information content (AvgIpc) is 3.45. The smallest absolute Gasteiger partial charge is 0.462 e. The number of aliphatic hydroxyl groups excluding tert-OH is 1. The highest BCUT2D eigenvalue weighted by Crippen LogP contribution is 2.43. The first-order valence-electron chi connectivity index (χ1n) is 29.0. The molecule has 12 heteroatoms. The van der Waals surface area contributed by atoms with Crippen molar-refractivity contribution in [2.75, 3.05) is 26.4 Å². The van der Waals surface area contributed by atoms with Gasteiger partial charge >= 0.3 is 25.7 Å². The number of allylic oxidation sites excluding steroid dienone is 33. The van der Waals surface area contributed by atoms with Crippen LogP contribution < -0.4 is 0 Å². The Labute approximate surface area is 483 Å². The van der Waals surface area contributed by atoms with Crippen LogP contribution in [0.15, 0.2) is 207 Å². The van der Waals surface area contributed by atoms with Crippen molar-refractivity contribution >= 4 is 25.7 Å². The molecule has 3 unspecified atom stereocenters. The SMILES string of the molecule is CC/C=C\C/C=C\C/C=C\C/C=C\C/C=C\C/C=C\CCC(=O)OCC(COP(=O)(O)OCC(CO)OC(=O)C/C=C\C/C=C\C/C=C\C/C=C\C/C=C\CC)OC(=O)CC/C=C\C/C=C\C/C=C\C/C=C\C/C=C\C/C=C\CC. The van der Waals surface area contributed by atoms with Crippen LogP contribution in [0, 0.1) is 0 Å². The minimum atomic E-state index is -4.83. The van der Waals surface area contributed by atoms with E-state index in [4.69, 9.17) is 23.3 Å². The molecule has 0 aliphatic rings. The Morgan fingerprint density at radius 1 is 0.350 bits per heavy atom. The molecule has 0 radical (unpaired) electrons. The number of esters is 3. The average molecular weight is 1120 g/mol. The number of hydrogen-bond donors (Lipinski definition) is 2. The second-order valence-electron chi connectivity index (χ2n) is 18.0. The topological polar surface area (TPSA) is 155 Å². The van der Waals surface area contributed by atoms with E-state index in [0.717, 1.165) is 89.9 Å². The molecule has 0 spiro atoms. The molecule has 442 valence electrons. The molecular formula is C68H99O11P. The van der Waals surface area contributed by atoms with Gasteiger partial charge in [-0.3, -0.25) is 23.4 Å². The van der Waals surface area contributed by atoms with Gasteiger partial charge in [-0.1, -0.05) is 227 Å². The molecule has 0 fully saturated rings. The third-order valence-electron chi connectivity index (χ3n) is 10.7. The molecule has 80 heavy (non-hydrogen) atoms. The van der Waals surface area contributed by atoms with E-state index in [2.05, 4.69) is 173 Å². The van der Waals surface area contributed by atoms with E-state index in [1.807, 2.05) is 48.6 Å². The van der Waals surface area contributed by atoms with Crippen LogP contribution in [0.25, 0.3) is 0 Å². The first-order chi connectivity index (χ1) is 39.2. The quantitative estimate of drug-likeness (QED) is 0.0259. The summed E-state index contributed by atoms with van der Waals surface area (Å²) in [7, 11) is -4.83. The molecule has 0 aromatic carbocycles. The van der Waals surface area contributed by atoms with Gasteiger partial charge in [0.1, 0.15) is 12.7 Å². The van der Waals surface area contributed by atoms with Crippen LogP contribution in [0.1, 0.15) is 162 Å². The summed E-state index contributed by atoms with van der Waals surface area (Å²) >= 11 is 0. The number of carbonyl (C=O) groups is 3. The minimum Gasteiger partial charge on any atom is -0.462 e. The second kappa shape index (κ2) is 59.2. The fraction of sp³-hybridized carbons (Fsp3) is 0.456. The highest BCUT2D eigenvalue weighted by molar-refractivity contribution is 7.47. The Kier molecular flexibility index (Phi) is 54.8. The first kappa shape index (κ1) is 74.1. The Morgan fingerprint density at radius 2 is 0.613 bits per heavy atom. The lowest BCUT2D eigenvalue weighted by Crippen LogP contribution is -2.30. The highest BCUT2D eigenvalue weighted by atomic mass is 31.2. The third-order valence-corrected chi connectivity index (χ3v) is 11.7. The van der Waals surface area contributed by atoms with Crippen LogP contribution in [0.4, 0.5) is 0 Å². The zero-order chi connectivity index (χ0) is 58.3. The van der Waals surface area contributed by atoms with Gasteiger partial charge in [0.2, 0.25) is 0 Å². The normalized spacial score (nSPS) is 14.8. The van der Waals surface area contributed by atoms with Crippen LogP contribution in [0.3, 0.4) is 0 Å². The van der Waals surface area contributed by atoms with E-state index in [1.54, 1.807) is 6.08 Å². The van der Waals surface area contributed by atoms with Gasteiger partial charge in [-0.2, -0.15) is 0 Å². The van der Waals surface area contributed by atoms with Gasteiger partial charge in [0.15, 0.2) is 6.10 Å². The molecule has 0 saturated carbocycles. The van der Waals surface area contributed by atoms with Crippen molar-refractivity contribution in [3.63, 3.8) is 0 Å². The van der Waals surface area contributed by atoms with E-state index in [0.29, 0.717) is 32.1 Å². The lowest BCUT2D eigenvalue weighted by atomic mass is 10.2. The first-order valence-corrected chi connectivity index (χ1v) is 30.5. The van der Waals surface area contributed by atoms with Crippen molar-refractivity contribution in [2.45, 2.75) is 174 Å². The van der Waals surface area contributed by atoms with E-state index in [1.165, 1.54) is 0 Å². The predicted molar refractivity (Wildman–Crippen MR) is 334 cm³/mol. The fourth-order valence-electron chi connectivity index (χ4n) is 6.48. The minimum absolute atomic E-state index is 0.00571. The number of carbonyl (C=O) groups excluding carboxylic acids is 3. The van der Waals surface area contributed by atoms with E-state index in [-0.39, 0.29) is 19.3 Å². The molecule has 0 aliphatic carbocycles. The van der Waals surface area contributed by atoms with Gasteiger partial charge in [-0.15, -0.1) is 0 Å². The maximum absolute atomic E-state index is 12.9. The summed E-state index contributed by atoms with van der Waals surface area (Å²) in [6.07, 6.45) is 84.2. The Balaban J connectivity index is 5.07. The number of aliphatic hydroxyl groups is 1. The number of phosphoric acid groups is 1. The van der Waals surface area contributed by atoms with Crippen molar-refractivity contribution in [2.24, 2.45) is 0 Å². The number of hydrogen-bond acceptors (Lipinski definition) is 10. The molecule has 0 rings (SSSR count). The van der Waals surface area contributed by atoms with Gasteiger partial charge in [0.25, 0.3) is 0 Å². The summed E-state index contributed by atoms with van der Waals surface area (Å²) in [6, 6.07) is 0. The molecule has 0 saturated heterocycles. The van der Waals surface area contributed by atoms with Crippen molar-refractivity contribution in [3.05, 3.63) is 207 Å². The van der Waals surface area contributed by atoms with E-state index >= 15 is 0 Å². The third kappa shape index (κ3) is 56.8. The van der Waals surface area contributed by atoms with Crippen LogP contribution in [0.2, 0.25) is 0 Å². The van der Waals surface area contributed by atoms with Gasteiger partial charge in [0, 0.05) is 12.8 Å². The van der Waals surface area contributed by atoms with Crippen molar-refractivity contribution in [3.8, 4) is 0 Å². The van der Waals surface area contributed by atoms with Crippen LogP contribution in [-0.2, 0) is 42.2 Å². The van der Waals surface area contributed by atoms with Gasteiger partial charge < -0.3 is 24.2 Å². The predicted octanol–water partition coefficient (Wildman–Crippen LogP) is 17.6. The monoisotopic (exact) mass is 1120 g/mol. The molecule has 11 nitrogen and oxygen atoms in total. The molecule has 0 aliphatic heterocycles. The van der Waals surface area contributed by atoms with E-state index in [9.17, 15) is 28.9 Å². The largest absolute Gasteiger partial charge is 0.472 e. The molecule has 0 heterocycles. The van der Waals surface area contributed by atoms with Gasteiger partial charge in [-0.25, -0.2) is 4.57 Å². The van der Waals surface area contributed by atoms with Crippen LogP contribution >= 0.6 is 7.82 Å². The maximum atomic E-state index is 12.9. The summed E-state index contributed by atoms with van der Waals surface area (Å²) in [4.78, 5) is 48.5. The lowest BCUT2D eigenvalue weighted by Gasteiger charge is -2.21. The van der Waals surface area contributed by atoms with Crippen LogP contribution in [-0.4, -0.2) is 66.5 Å². The number of ether oxygens (including phenoxy) is 3. The number of phosphoric ester groups is 1. The van der Waals surface area contributed by atoms with Gasteiger partial charge in [0.05, 0.1) is 26.2 Å². The standard InChI is InChI=1S/C68H99O11P/c1-4-7-10-13-16-19-22-25-28-30-32-34-37-39-42-45-48-51-54-57-66(70)75-61-65(79-68(72)59-56-53-50-47-44-41-38-35-33-31-29-26-23-20-17-14-11-8-5-2)63-77-80(73,74)76-62-64(60-69)78-67(71)58-55-52-49-46-43-40-36-27-24-21-18-15-12-9-6-3/h7-12,16-21,25-29,32-36,39,41-44,46,48,50-53,55,64-65,69H,4-6,13-15,22-24,30-31,37-38,40,45,47,49,54,56-63H2,1-3H3,(H,73,74)/b10-7-,11-8-,12-9-,19-16-,20-17-,21-18-,28-25-,29-26-,34-32-,35-33-,36-27-,42-39-,44-41-,46-43-,51-48-,53-50-,55-52-. The molecule has 0 bridgehead atoms. The summed E-state index contributed by atoms with van der Waals surface area (Å²) < 4.78 is 39.2. The summed E-state index contributed by atoms with van der Waals surface area (Å²) in [5.74, 6) is -1.84. The fourth-order valence-corrected chi connectivity index (χ4v) is 7.26. The molecule has 0 aromatic rings. The van der Waals surface area contributed by atoms with Crippen molar-refractivity contribution in [1.29, 1.82) is 0 Å². The Bertz CT molecular complexity index is 2140. The Morgan fingerprint density at radius 3 is 0.925 bits per heavy atom. The summed E-state index contributed by atoms with van der Waals surface area (Å²) in [6.45, 7) is 3.97. The zero-order valence-electron chi connectivity index (χ0n) is 48.7. The Hall–Kier alpha value is -5.94. The van der Waals surface area contributed by atoms with Crippen LogP contribution in [0.5, 0.6) is 0 Å². The van der Waals surface area contributed by atoms with E-state index < -0.39 is 64.4 Å². The highest BCUT2D eigenvalue weighted by Gasteiger charge is 2.28. The lowest BCUT2D eigenvalue weighted by molar-refractivity contribution is -0.161. The van der Waals surface area contributed by atoms with Gasteiger partial charge in [-0.05, 0) is 122 Å². The van der Waals surface area contributed by atoms with Crippen molar-refractivity contribution < 1.29 is 52.2 Å².